The molecule has 1 atom stereocenters. The average molecular weight is 473 g/mol. The summed E-state index contributed by atoms with van der Waals surface area (Å²) in [6.45, 7) is 11.9. The molecule has 1 aromatic heterocycles. The molecule has 1 aliphatic carbocycles. The highest BCUT2D eigenvalue weighted by atomic mass is 79.9. The predicted octanol–water partition coefficient (Wildman–Crippen LogP) is 7.32. The number of hydrogen-bond acceptors (Lipinski definition) is 4. The zero-order chi connectivity index (χ0) is 21.2. The van der Waals surface area contributed by atoms with Gasteiger partial charge in [0.2, 0.25) is 0 Å². The molecule has 0 aliphatic heterocycles. The fourth-order valence-electron chi connectivity index (χ4n) is 3.62. The summed E-state index contributed by atoms with van der Waals surface area (Å²) in [5.74, 6) is 1.98. The minimum atomic E-state index is 0.295. The molecule has 2 aromatic rings. The van der Waals surface area contributed by atoms with Crippen molar-refractivity contribution in [3.8, 4) is 11.8 Å². The maximum absolute atomic E-state index is 9.73. The van der Waals surface area contributed by atoms with Crippen LogP contribution in [0.3, 0.4) is 0 Å². The zero-order valence-electron chi connectivity index (χ0n) is 17.9. The van der Waals surface area contributed by atoms with Gasteiger partial charge in [-0.25, -0.2) is 4.99 Å². The van der Waals surface area contributed by atoms with Gasteiger partial charge in [-0.2, -0.15) is 5.26 Å². The number of benzene rings is 1. The normalized spacial score (nSPS) is 16.8. The first-order valence-corrected chi connectivity index (χ1v) is 11.8. The molecule has 5 heteroatoms. The first kappa shape index (κ1) is 22.1. The Balaban J connectivity index is 1.80. The van der Waals surface area contributed by atoms with Gasteiger partial charge in [-0.1, -0.05) is 34.6 Å². The summed E-state index contributed by atoms with van der Waals surface area (Å²) in [6, 6.07) is 8.38. The molecule has 154 valence electrons. The fraction of sp³-hybridized carbons (Fsp3) is 0.500. The van der Waals surface area contributed by atoms with E-state index >= 15 is 0 Å². The Kier molecular flexibility index (Phi) is 6.86. The lowest BCUT2D eigenvalue weighted by Gasteiger charge is -2.33. The molecule has 3 rings (SSSR count). The van der Waals surface area contributed by atoms with Crippen molar-refractivity contribution in [1.82, 2.24) is 0 Å². The monoisotopic (exact) mass is 472 g/mol. The van der Waals surface area contributed by atoms with E-state index in [1.54, 1.807) is 11.3 Å². The van der Waals surface area contributed by atoms with Crippen LogP contribution >= 0.6 is 27.3 Å². The molecule has 0 saturated heterocycles. The van der Waals surface area contributed by atoms with Crippen molar-refractivity contribution < 1.29 is 4.74 Å². The summed E-state index contributed by atoms with van der Waals surface area (Å²) in [5, 5.41) is 10.6. The maximum Gasteiger partial charge on any atom is 0.134 e. The van der Waals surface area contributed by atoms with Crippen LogP contribution in [0.2, 0.25) is 0 Å². The largest absolute Gasteiger partial charge is 0.492 e. The molecular weight excluding hydrogens is 444 g/mol. The summed E-state index contributed by atoms with van der Waals surface area (Å²) in [7, 11) is 0. The van der Waals surface area contributed by atoms with Gasteiger partial charge in [-0.05, 0) is 81.8 Å². The smallest absolute Gasteiger partial charge is 0.134 e. The fourth-order valence-corrected chi connectivity index (χ4v) is 5.35. The number of hydrogen-bond donors (Lipinski definition) is 0. The van der Waals surface area contributed by atoms with Gasteiger partial charge in [0.25, 0.3) is 0 Å². The average Bonchev–Trinajstić information content (AvgIpc) is 3.01. The Morgan fingerprint density at radius 1 is 1.38 bits per heavy atom. The van der Waals surface area contributed by atoms with E-state index in [4.69, 9.17) is 9.73 Å². The van der Waals surface area contributed by atoms with Gasteiger partial charge in [0, 0.05) is 11.1 Å². The molecule has 0 amide bonds. The van der Waals surface area contributed by atoms with Crippen molar-refractivity contribution >= 4 is 38.5 Å². The third-order valence-corrected chi connectivity index (χ3v) is 7.22. The molecule has 1 aliphatic rings. The maximum atomic E-state index is 9.73. The minimum Gasteiger partial charge on any atom is -0.492 e. The highest BCUT2D eigenvalue weighted by Crippen LogP contribution is 2.44. The van der Waals surface area contributed by atoms with Gasteiger partial charge >= 0.3 is 0 Å². The molecule has 0 N–H and O–H groups in total. The number of rotatable bonds is 5. The van der Waals surface area contributed by atoms with Gasteiger partial charge in [-0.3, -0.25) is 0 Å². The van der Waals surface area contributed by atoms with Crippen molar-refractivity contribution in [2.24, 2.45) is 22.2 Å². The summed E-state index contributed by atoms with van der Waals surface area (Å²) >= 11 is 5.27. The lowest BCUT2D eigenvalue weighted by Crippen LogP contribution is -2.26. The van der Waals surface area contributed by atoms with E-state index in [2.05, 4.69) is 56.6 Å². The van der Waals surface area contributed by atoms with E-state index in [0.717, 1.165) is 45.6 Å². The molecule has 3 nitrogen and oxygen atoms in total. The topological polar surface area (TPSA) is 45.4 Å². The van der Waals surface area contributed by atoms with Crippen LogP contribution < -0.4 is 4.74 Å². The SMILES string of the molecule is CC(C)COc1ccc(C=Nc2sc3c(c2C#N)CC[C@@H](C(C)(C)C)C3)cc1Br. The Morgan fingerprint density at radius 3 is 2.76 bits per heavy atom. The lowest BCUT2D eigenvalue weighted by molar-refractivity contribution is 0.218. The van der Waals surface area contributed by atoms with Crippen LogP contribution in [-0.2, 0) is 12.8 Å². The molecule has 0 bridgehead atoms. The van der Waals surface area contributed by atoms with Crippen LogP contribution in [0.15, 0.2) is 27.7 Å². The molecular formula is C24H29BrN2OS. The summed E-state index contributed by atoms with van der Waals surface area (Å²) in [5.41, 5.74) is 3.27. The molecule has 1 heterocycles. The predicted molar refractivity (Wildman–Crippen MR) is 126 cm³/mol. The summed E-state index contributed by atoms with van der Waals surface area (Å²) in [4.78, 5) is 6.04. The zero-order valence-corrected chi connectivity index (χ0v) is 20.3. The molecule has 0 fully saturated rings. The van der Waals surface area contributed by atoms with Crippen LogP contribution in [0.25, 0.3) is 0 Å². The van der Waals surface area contributed by atoms with E-state index in [9.17, 15) is 5.26 Å². The standard InChI is InChI=1S/C24H29BrN2OS/c1-15(2)14-28-21-9-6-16(10-20(21)25)13-27-23-19(12-26)18-8-7-17(24(3,4)5)11-22(18)29-23/h6,9-10,13,15,17H,7-8,11,14H2,1-5H3/t17-/m1/s1. The van der Waals surface area contributed by atoms with Gasteiger partial charge in [0.1, 0.15) is 16.8 Å². The van der Waals surface area contributed by atoms with Gasteiger partial charge in [0.05, 0.1) is 16.6 Å². The van der Waals surface area contributed by atoms with Crippen molar-refractivity contribution in [2.45, 2.75) is 53.9 Å². The number of aliphatic imine (C=N–C) groups is 1. The number of thiophene rings is 1. The van der Waals surface area contributed by atoms with Crippen molar-refractivity contribution in [3.05, 3.63) is 44.2 Å². The second-order valence-electron chi connectivity index (χ2n) is 9.25. The number of halogens is 1. The third kappa shape index (κ3) is 5.29. The third-order valence-electron chi connectivity index (χ3n) is 5.44. The van der Waals surface area contributed by atoms with E-state index in [1.165, 1.54) is 10.4 Å². The first-order valence-electron chi connectivity index (χ1n) is 10.2. The molecule has 1 aromatic carbocycles. The molecule has 0 radical (unpaired) electrons. The Morgan fingerprint density at radius 2 is 2.14 bits per heavy atom. The van der Waals surface area contributed by atoms with Crippen molar-refractivity contribution in [1.29, 1.82) is 5.26 Å². The highest BCUT2D eigenvalue weighted by molar-refractivity contribution is 9.10. The van der Waals surface area contributed by atoms with Crippen molar-refractivity contribution in [2.75, 3.05) is 6.61 Å². The lowest BCUT2D eigenvalue weighted by atomic mass is 9.72. The molecule has 0 saturated carbocycles. The number of nitrogens with zero attached hydrogens (tertiary/aromatic N) is 2. The van der Waals surface area contributed by atoms with Crippen LogP contribution in [-0.4, -0.2) is 12.8 Å². The summed E-state index contributed by atoms with van der Waals surface area (Å²) < 4.78 is 6.73. The number of nitriles is 1. The Bertz CT molecular complexity index is 947. The highest BCUT2D eigenvalue weighted by Gasteiger charge is 2.32. The quantitative estimate of drug-likeness (QED) is 0.427. The van der Waals surface area contributed by atoms with E-state index < -0.39 is 0 Å². The molecule has 0 unspecified atom stereocenters. The van der Waals surface area contributed by atoms with Crippen LogP contribution in [0.5, 0.6) is 5.75 Å². The summed E-state index contributed by atoms with van der Waals surface area (Å²) in [6.07, 6.45) is 5.03. The van der Waals surface area contributed by atoms with Crippen LogP contribution in [0.1, 0.15) is 62.6 Å². The van der Waals surface area contributed by atoms with Crippen LogP contribution in [0.4, 0.5) is 5.00 Å². The van der Waals surface area contributed by atoms with E-state index in [0.29, 0.717) is 23.9 Å². The van der Waals surface area contributed by atoms with Crippen LogP contribution in [0, 0.1) is 28.6 Å². The Hall–Kier alpha value is -1.64. The molecule has 0 spiro atoms. The second kappa shape index (κ2) is 9.02. The number of ether oxygens (including phenoxy) is 1. The van der Waals surface area contributed by atoms with Crippen molar-refractivity contribution in [3.63, 3.8) is 0 Å². The van der Waals surface area contributed by atoms with E-state index in [1.807, 2.05) is 24.4 Å². The van der Waals surface area contributed by atoms with Gasteiger partial charge < -0.3 is 4.74 Å². The Labute approximate surface area is 187 Å². The van der Waals surface area contributed by atoms with Gasteiger partial charge in [0.15, 0.2) is 0 Å². The van der Waals surface area contributed by atoms with Gasteiger partial charge in [-0.15, -0.1) is 11.3 Å². The first-order chi connectivity index (χ1) is 13.7. The molecule has 29 heavy (non-hydrogen) atoms. The second-order valence-corrected chi connectivity index (χ2v) is 11.2. The number of fused-ring (bicyclic) bond motifs is 1. The van der Waals surface area contributed by atoms with E-state index in [-0.39, 0.29) is 0 Å². The minimum absolute atomic E-state index is 0.295.